The lowest BCUT2D eigenvalue weighted by Crippen LogP contribution is -2.31. The van der Waals surface area contributed by atoms with E-state index in [2.05, 4.69) is 0 Å². The van der Waals surface area contributed by atoms with Gasteiger partial charge >= 0.3 is 0 Å². The fraction of sp³-hybridized carbons (Fsp3) is 0.200. The van der Waals surface area contributed by atoms with E-state index in [9.17, 15) is 9.18 Å². The highest BCUT2D eigenvalue weighted by atomic mass is 32.2. The van der Waals surface area contributed by atoms with Crippen LogP contribution < -0.4 is 9.47 Å². The van der Waals surface area contributed by atoms with Gasteiger partial charge in [-0.2, -0.15) is 0 Å². The van der Waals surface area contributed by atoms with Crippen molar-refractivity contribution in [2.75, 3.05) is 7.11 Å². The van der Waals surface area contributed by atoms with Gasteiger partial charge in [0.1, 0.15) is 28.2 Å². The maximum absolute atomic E-state index is 13.7. The number of ether oxygens (including phenoxy) is 2. The summed E-state index contributed by atoms with van der Waals surface area (Å²) in [4.78, 5) is 14.6. The summed E-state index contributed by atoms with van der Waals surface area (Å²) in [5, 5.41) is -0.245. The van der Waals surface area contributed by atoms with Crippen molar-refractivity contribution in [2.24, 2.45) is 0 Å². The number of halogens is 1. The van der Waals surface area contributed by atoms with E-state index in [4.69, 9.17) is 21.7 Å². The molecule has 1 aliphatic heterocycles. The molecule has 1 heterocycles. The third-order valence-corrected chi connectivity index (χ3v) is 6.79. The Morgan fingerprint density at radius 2 is 1.62 bits per heavy atom. The molecular weight excluding hydrogens is 445 g/mol. The number of thiocarbonyl (C=S) groups is 1. The minimum atomic E-state index is -0.281. The van der Waals surface area contributed by atoms with Gasteiger partial charge in [-0.05, 0) is 47.9 Å². The minimum Gasteiger partial charge on any atom is -0.497 e. The summed E-state index contributed by atoms with van der Waals surface area (Å²) in [7, 11) is 1.62. The largest absolute Gasteiger partial charge is 0.497 e. The van der Waals surface area contributed by atoms with Crippen molar-refractivity contribution in [1.29, 1.82) is 0 Å². The average Bonchev–Trinajstić information content (AvgIpc) is 3.07. The minimum absolute atomic E-state index is 0.0238. The van der Waals surface area contributed by atoms with Gasteiger partial charge < -0.3 is 9.47 Å². The van der Waals surface area contributed by atoms with Crippen LogP contribution in [0.2, 0.25) is 0 Å². The van der Waals surface area contributed by atoms with Crippen molar-refractivity contribution in [3.05, 3.63) is 95.3 Å². The van der Waals surface area contributed by atoms with E-state index in [0.29, 0.717) is 28.6 Å². The van der Waals surface area contributed by atoms with Crippen molar-refractivity contribution in [3.8, 4) is 11.5 Å². The molecule has 7 heteroatoms. The van der Waals surface area contributed by atoms with Crippen LogP contribution in [0.1, 0.15) is 16.7 Å². The first kappa shape index (κ1) is 22.3. The normalized spacial score (nSPS) is 15.8. The number of carbonyl (C=O) groups excluding carboxylic acids is 1. The molecule has 4 rings (SSSR count). The third kappa shape index (κ3) is 5.29. The van der Waals surface area contributed by atoms with E-state index in [-0.39, 0.29) is 23.6 Å². The second-order valence-electron chi connectivity index (χ2n) is 7.37. The summed E-state index contributed by atoms with van der Waals surface area (Å²) in [5.74, 6) is 1.17. The Hall–Kier alpha value is -2.90. The zero-order valence-electron chi connectivity index (χ0n) is 17.5. The molecular formula is C25H22FNO3S2. The maximum Gasteiger partial charge on any atom is 0.242 e. The summed E-state index contributed by atoms with van der Waals surface area (Å²) in [6.45, 7) is 0.617. The van der Waals surface area contributed by atoms with Crippen LogP contribution in [-0.4, -0.2) is 27.5 Å². The molecule has 0 N–H and O–H groups in total. The van der Waals surface area contributed by atoms with Crippen LogP contribution in [0, 0.1) is 5.82 Å². The Morgan fingerprint density at radius 3 is 2.31 bits per heavy atom. The highest BCUT2D eigenvalue weighted by Gasteiger charge is 2.36. The molecule has 164 valence electrons. The van der Waals surface area contributed by atoms with Crippen molar-refractivity contribution < 1.29 is 18.7 Å². The molecule has 1 aliphatic rings. The van der Waals surface area contributed by atoms with Gasteiger partial charge in [-0.25, -0.2) is 4.39 Å². The Bertz CT molecular complexity index is 1100. The highest BCUT2D eigenvalue weighted by molar-refractivity contribution is 8.24. The van der Waals surface area contributed by atoms with Gasteiger partial charge in [0.2, 0.25) is 5.91 Å². The zero-order valence-corrected chi connectivity index (χ0v) is 19.1. The molecule has 0 unspecified atom stereocenters. The maximum atomic E-state index is 13.7. The van der Waals surface area contributed by atoms with Gasteiger partial charge in [-0.3, -0.25) is 9.69 Å². The average molecular weight is 468 g/mol. The van der Waals surface area contributed by atoms with Crippen LogP contribution in [0.15, 0.2) is 72.8 Å². The molecule has 0 bridgehead atoms. The molecule has 0 saturated carbocycles. The van der Waals surface area contributed by atoms with E-state index in [1.807, 2.05) is 48.5 Å². The fourth-order valence-corrected chi connectivity index (χ4v) is 4.93. The fourth-order valence-electron chi connectivity index (χ4n) is 3.40. The lowest BCUT2D eigenvalue weighted by molar-refractivity contribution is -0.126. The lowest BCUT2D eigenvalue weighted by Gasteiger charge is -2.16. The molecule has 0 radical (unpaired) electrons. The molecule has 1 fully saturated rings. The molecule has 1 atom stereocenters. The van der Waals surface area contributed by atoms with Crippen molar-refractivity contribution in [2.45, 2.75) is 24.8 Å². The summed E-state index contributed by atoms with van der Waals surface area (Å²) >= 11 is 6.89. The Kier molecular flexibility index (Phi) is 7.07. The second kappa shape index (κ2) is 10.1. The quantitative estimate of drug-likeness (QED) is 0.416. The summed E-state index contributed by atoms with van der Waals surface area (Å²) in [6, 6.07) is 21.7. The first-order chi connectivity index (χ1) is 15.5. The number of hydrogen-bond acceptors (Lipinski definition) is 5. The Morgan fingerprint density at radius 1 is 0.969 bits per heavy atom. The second-order valence-corrected chi connectivity index (χ2v) is 9.21. The first-order valence-electron chi connectivity index (χ1n) is 10.1. The van der Waals surface area contributed by atoms with Gasteiger partial charge in [0.15, 0.2) is 0 Å². The number of rotatable bonds is 8. The molecule has 3 aromatic rings. The van der Waals surface area contributed by atoms with Crippen LogP contribution in [0.25, 0.3) is 0 Å². The van der Waals surface area contributed by atoms with E-state index < -0.39 is 0 Å². The SMILES string of the molecule is COc1ccc(CN2C(=O)[C@@H](Cc3ccc(OCc4ccccc4F)cc3)SC2=S)cc1. The van der Waals surface area contributed by atoms with Crippen LogP contribution in [0.4, 0.5) is 4.39 Å². The number of carbonyl (C=O) groups is 1. The Labute approximate surface area is 196 Å². The summed E-state index contributed by atoms with van der Waals surface area (Å²) < 4.78 is 25.2. The van der Waals surface area contributed by atoms with Gasteiger partial charge in [-0.1, -0.05) is 66.4 Å². The molecule has 0 aliphatic carbocycles. The van der Waals surface area contributed by atoms with Crippen molar-refractivity contribution in [3.63, 3.8) is 0 Å². The van der Waals surface area contributed by atoms with E-state index >= 15 is 0 Å². The number of nitrogens with zero attached hydrogens (tertiary/aromatic N) is 1. The molecule has 0 aromatic heterocycles. The number of benzene rings is 3. The van der Waals surface area contributed by atoms with E-state index in [1.165, 1.54) is 17.8 Å². The molecule has 0 spiro atoms. The third-order valence-electron chi connectivity index (χ3n) is 5.20. The van der Waals surface area contributed by atoms with Crippen LogP contribution in [0.5, 0.6) is 11.5 Å². The van der Waals surface area contributed by atoms with Crippen LogP contribution in [0.3, 0.4) is 0 Å². The van der Waals surface area contributed by atoms with Crippen molar-refractivity contribution >= 4 is 34.2 Å². The standard InChI is InChI=1S/C25H22FNO3S2/c1-29-20-10-8-18(9-11-20)15-27-24(28)23(32-25(27)31)14-17-6-12-21(13-7-17)30-16-19-4-2-3-5-22(19)26/h2-13,23H,14-16H2,1H3/t23-/m1/s1. The number of methoxy groups -OCH3 is 1. The first-order valence-corrected chi connectivity index (χ1v) is 11.4. The topological polar surface area (TPSA) is 38.8 Å². The van der Waals surface area contributed by atoms with Gasteiger partial charge in [0.05, 0.1) is 18.9 Å². The Balaban J connectivity index is 1.34. The molecule has 4 nitrogen and oxygen atoms in total. The highest BCUT2D eigenvalue weighted by Crippen LogP contribution is 2.31. The van der Waals surface area contributed by atoms with Crippen LogP contribution in [-0.2, 0) is 24.4 Å². The van der Waals surface area contributed by atoms with Gasteiger partial charge in [0.25, 0.3) is 0 Å². The van der Waals surface area contributed by atoms with Gasteiger partial charge in [-0.15, -0.1) is 0 Å². The van der Waals surface area contributed by atoms with Crippen LogP contribution >= 0.6 is 24.0 Å². The summed E-state index contributed by atoms with van der Waals surface area (Å²) in [5.41, 5.74) is 2.53. The number of hydrogen-bond donors (Lipinski definition) is 0. The number of amides is 1. The van der Waals surface area contributed by atoms with E-state index in [0.717, 1.165) is 16.9 Å². The lowest BCUT2D eigenvalue weighted by atomic mass is 10.1. The summed E-state index contributed by atoms with van der Waals surface area (Å²) in [6.07, 6.45) is 0.580. The van der Waals surface area contributed by atoms with Gasteiger partial charge in [0, 0.05) is 5.56 Å². The van der Waals surface area contributed by atoms with E-state index in [1.54, 1.807) is 30.2 Å². The monoisotopic (exact) mass is 467 g/mol. The molecule has 3 aromatic carbocycles. The molecule has 32 heavy (non-hydrogen) atoms. The molecule has 1 amide bonds. The number of thioether (sulfide) groups is 1. The predicted molar refractivity (Wildman–Crippen MR) is 128 cm³/mol. The molecule has 1 saturated heterocycles. The smallest absolute Gasteiger partial charge is 0.242 e. The van der Waals surface area contributed by atoms with Crippen molar-refractivity contribution in [1.82, 2.24) is 4.90 Å². The predicted octanol–water partition coefficient (Wildman–Crippen LogP) is 5.38. The zero-order chi connectivity index (χ0) is 22.5.